The summed E-state index contributed by atoms with van der Waals surface area (Å²) in [5.41, 5.74) is 0.920. The van der Waals surface area contributed by atoms with Gasteiger partial charge in [0.05, 0.1) is 47.7 Å². The summed E-state index contributed by atoms with van der Waals surface area (Å²) in [5.74, 6) is -0.652. The van der Waals surface area contributed by atoms with E-state index in [0.717, 1.165) is 51.4 Å². The standard InChI is InChI=1S/C73H100O15/c1-12-58-43(5)42(4)44(6)69(83-58)88-64-47(9)62(76)60(40-80-66(77)48-23-17-14-18-24-48)85-71(64)82-52-33-35-72(10)51(37-52)30-31-53-54(72)34-36-73(11)55(53)38-57(75)61(73)45(7)56(74)32-29-41(3)39-81-70-65(87-68(79)50-27-21-16-22-28-50)63(46(8)59(13-2)84-70)86-67(78)49-25-19-15-20-26-49/h14-28,41-47,51-55,58-65,69-71,76H,12-13,29-40H2,1-11H3/t41-,42-,43-,44?,45+,46-,47-,51?,52?,53?,54?,55?,58?,59?,60?,61?,62+,63-,64?,65?,69-,70+,71+,72?,73?/m0/s1. The van der Waals surface area contributed by atoms with Gasteiger partial charge in [0, 0.05) is 42.4 Å². The molecule has 482 valence electrons. The molecule has 3 saturated heterocycles. The van der Waals surface area contributed by atoms with Gasteiger partial charge in [-0.1, -0.05) is 131 Å². The summed E-state index contributed by atoms with van der Waals surface area (Å²) >= 11 is 0. The van der Waals surface area contributed by atoms with Gasteiger partial charge in [-0.3, -0.25) is 9.59 Å². The van der Waals surface area contributed by atoms with Crippen LogP contribution in [0.5, 0.6) is 0 Å². The topological polar surface area (TPSA) is 189 Å². The number of ether oxygens (including phenoxy) is 9. The van der Waals surface area contributed by atoms with Crippen LogP contribution in [0.4, 0.5) is 0 Å². The van der Waals surface area contributed by atoms with Gasteiger partial charge in [0.15, 0.2) is 25.0 Å². The van der Waals surface area contributed by atoms with Crippen LogP contribution in [0.15, 0.2) is 91.0 Å². The van der Waals surface area contributed by atoms with E-state index in [9.17, 15) is 29.1 Å². The molecule has 10 rings (SSSR count). The minimum atomic E-state index is -1.07. The molecule has 14 unspecified atom stereocenters. The number of rotatable bonds is 21. The predicted octanol–water partition coefficient (Wildman–Crippen LogP) is 13.1. The van der Waals surface area contributed by atoms with Crippen molar-refractivity contribution < 1.29 is 71.7 Å². The first-order valence-electron chi connectivity index (χ1n) is 33.5. The van der Waals surface area contributed by atoms with Crippen molar-refractivity contribution in [3.63, 3.8) is 0 Å². The van der Waals surface area contributed by atoms with Gasteiger partial charge in [-0.25, -0.2) is 14.4 Å². The summed E-state index contributed by atoms with van der Waals surface area (Å²) in [6.45, 7) is 23.6. The molecule has 4 aliphatic carbocycles. The SMILES string of the molecule is CCC1O[C@@H](OC2[C@H](OC3CCC4(C)C(CCC5C4CCC4(C)C5CC(=O)C4[C@H](C)C(=O)CC[C@H](C)CO[C@@H]4OC(CC)[C@H](C)[C@H](OC(=O)c5ccccc5)C4OC(=O)c4ccccc4)C3)OC(COC(=O)c3ccccc3)[C@H](O)[C@@H]2C)C(C)[C@@H](C)[C@@H]1C. The molecule has 7 fully saturated rings. The highest BCUT2D eigenvalue weighted by Crippen LogP contribution is 2.68. The molecular formula is C73H100O15. The van der Waals surface area contributed by atoms with E-state index < -0.39 is 79.1 Å². The molecule has 4 saturated carbocycles. The Hall–Kier alpha value is -4.87. The van der Waals surface area contributed by atoms with Crippen molar-refractivity contribution in [3.05, 3.63) is 108 Å². The van der Waals surface area contributed by atoms with Crippen molar-refractivity contribution >= 4 is 29.5 Å². The normalized spacial score (nSPS) is 39.6. The number of aliphatic hydroxyl groups excluding tert-OH is 1. The van der Waals surface area contributed by atoms with Crippen molar-refractivity contribution in [1.82, 2.24) is 0 Å². The molecule has 0 amide bonds. The fourth-order valence-corrected chi connectivity index (χ4v) is 17.5. The Morgan fingerprint density at radius 1 is 0.602 bits per heavy atom. The van der Waals surface area contributed by atoms with Gasteiger partial charge in [-0.05, 0) is 153 Å². The van der Waals surface area contributed by atoms with Crippen LogP contribution in [0.3, 0.4) is 0 Å². The van der Waals surface area contributed by atoms with Crippen LogP contribution in [0.1, 0.15) is 184 Å². The van der Waals surface area contributed by atoms with Crippen LogP contribution in [0, 0.1) is 81.8 Å². The second-order valence-electron chi connectivity index (χ2n) is 28.4. The van der Waals surface area contributed by atoms with E-state index in [1.165, 1.54) is 0 Å². The first-order valence-corrected chi connectivity index (χ1v) is 33.5. The fraction of sp³-hybridized carbons (Fsp3) is 0.685. The minimum absolute atomic E-state index is 0.0394. The fourth-order valence-electron chi connectivity index (χ4n) is 17.5. The Bertz CT molecular complexity index is 2830. The quantitative estimate of drug-likeness (QED) is 0.0602. The lowest BCUT2D eigenvalue weighted by Gasteiger charge is -2.61. The number of carbonyl (C=O) groups is 5. The summed E-state index contributed by atoms with van der Waals surface area (Å²) in [6.07, 6.45) is 2.22. The molecule has 15 heteroatoms. The highest BCUT2D eigenvalue weighted by Gasteiger charge is 2.64. The van der Waals surface area contributed by atoms with E-state index in [-0.39, 0.29) is 83.5 Å². The monoisotopic (exact) mass is 1220 g/mol. The zero-order valence-corrected chi connectivity index (χ0v) is 54.0. The third kappa shape index (κ3) is 13.7. The Labute approximate surface area is 522 Å². The third-order valence-corrected chi connectivity index (χ3v) is 23.3. The molecule has 0 bridgehead atoms. The van der Waals surface area contributed by atoms with E-state index in [0.29, 0.717) is 72.0 Å². The number of benzene rings is 3. The smallest absolute Gasteiger partial charge is 0.338 e. The zero-order chi connectivity index (χ0) is 62.8. The zero-order valence-electron chi connectivity index (χ0n) is 54.0. The van der Waals surface area contributed by atoms with Crippen LogP contribution < -0.4 is 0 Å². The summed E-state index contributed by atoms with van der Waals surface area (Å²) in [6, 6.07) is 26.2. The molecule has 3 heterocycles. The summed E-state index contributed by atoms with van der Waals surface area (Å²) in [4.78, 5) is 69.3. The van der Waals surface area contributed by atoms with Crippen molar-refractivity contribution in [2.75, 3.05) is 13.2 Å². The molecule has 3 aliphatic heterocycles. The first-order chi connectivity index (χ1) is 42.1. The number of carbonyl (C=O) groups excluding carboxylic acids is 5. The highest BCUT2D eigenvalue weighted by molar-refractivity contribution is 5.92. The average Bonchev–Trinajstić information content (AvgIpc) is 1.44. The number of ketones is 2. The number of fused-ring (bicyclic) bond motifs is 5. The number of esters is 3. The largest absolute Gasteiger partial charge is 0.459 e. The lowest BCUT2D eigenvalue weighted by atomic mass is 9.44. The Balaban J connectivity index is 0.761. The highest BCUT2D eigenvalue weighted by atomic mass is 16.7. The van der Waals surface area contributed by atoms with Crippen LogP contribution in [-0.2, 0) is 52.2 Å². The Morgan fingerprint density at radius 2 is 1.17 bits per heavy atom. The molecule has 1 N–H and O–H groups in total. The molecule has 0 aromatic heterocycles. The minimum Gasteiger partial charge on any atom is -0.459 e. The molecule has 3 aromatic rings. The summed E-state index contributed by atoms with van der Waals surface area (Å²) < 4.78 is 58.6. The maximum absolute atomic E-state index is 14.5. The van der Waals surface area contributed by atoms with Gasteiger partial charge in [0.2, 0.25) is 0 Å². The van der Waals surface area contributed by atoms with E-state index in [4.69, 9.17) is 42.6 Å². The van der Waals surface area contributed by atoms with Crippen molar-refractivity contribution in [3.8, 4) is 0 Å². The van der Waals surface area contributed by atoms with Crippen LogP contribution >= 0.6 is 0 Å². The van der Waals surface area contributed by atoms with Gasteiger partial charge in [0.25, 0.3) is 0 Å². The lowest BCUT2D eigenvalue weighted by molar-refractivity contribution is -0.353. The van der Waals surface area contributed by atoms with E-state index in [2.05, 4.69) is 41.5 Å². The predicted molar refractivity (Wildman–Crippen MR) is 330 cm³/mol. The molecule has 3 aromatic carbocycles. The maximum atomic E-state index is 14.5. The molecular weight excluding hydrogens is 1120 g/mol. The Kier molecular flexibility index (Phi) is 21.3. The number of hydrogen-bond donors (Lipinski definition) is 1. The lowest BCUT2D eigenvalue weighted by Crippen LogP contribution is -2.60. The molecule has 0 radical (unpaired) electrons. The van der Waals surface area contributed by atoms with Gasteiger partial charge in [-0.15, -0.1) is 0 Å². The van der Waals surface area contributed by atoms with Gasteiger partial charge < -0.3 is 47.7 Å². The molecule has 25 atom stereocenters. The second-order valence-corrected chi connectivity index (χ2v) is 28.4. The summed E-state index contributed by atoms with van der Waals surface area (Å²) in [5, 5.41) is 11.8. The van der Waals surface area contributed by atoms with Crippen LogP contribution in [0.25, 0.3) is 0 Å². The average molecular weight is 1220 g/mol. The van der Waals surface area contributed by atoms with Crippen molar-refractivity contribution in [1.29, 1.82) is 0 Å². The summed E-state index contributed by atoms with van der Waals surface area (Å²) in [7, 11) is 0. The number of aliphatic hydroxyl groups is 1. The number of hydrogen-bond acceptors (Lipinski definition) is 15. The Morgan fingerprint density at radius 3 is 1.80 bits per heavy atom. The maximum Gasteiger partial charge on any atom is 0.338 e. The first kappa shape index (κ1) is 66.1. The third-order valence-electron chi connectivity index (χ3n) is 23.3. The second kappa shape index (κ2) is 28.3. The van der Waals surface area contributed by atoms with Crippen molar-refractivity contribution in [2.24, 2.45) is 81.8 Å². The van der Waals surface area contributed by atoms with Gasteiger partial charge >= 0.3 is 17.9 Å². The van der Waals surface area contributed by atoms with Crippen LogP contribution in [-0.4, -0.2) is 115 Å². The van der Waals surface area contributed by atoms with E-state index in [1.54, 1.807) is 72.8 Å². The van der Waals surface area contributed by atoms with Gasteiger partial charge in [0.1, 0.15) is 36.5 Å². The van der Waals surface area contributed by atoms with E-state index in [1.807, 2.05) is 52.8 Å². The molecule has 15 nitrogen and oxygen atoms in total. The van der Waals surface area contributed by atoms with Crippen molar-refractivity contribution in [2.45, 2.75) is 221 Å². The van der Waals surface area contributed by atoms with E-state index >= 15 is 0 Å². The number of Topliss-reactive ketones (excluding diaryl/α,β-unsaturated/α-hetero) is 2. The van der Waals surface area contributed by atoms with Crippen LogP contribution in [0.2, 0.25) is 0 Å². The molecule has 88 heavy (non-hydrogen) atoms. The van der Waals surface area contributed by atoms with Gasteiger partial charge in [-0.2, -0.15) is 0 Å². The molecule has 0 spiro atoms. The molecule has 7 aliphatic rings.